The highest BCUT2D eigenvalue weighted by atomic mass is 16.6. The first kappa shape index (κ1) is 14.6. The third-order valence-corrected chi connectivity index (χ3v) is 4.55. The molecule has 0 spiro atoms. The Morgan fingerprint density at radius 3 is 2.82 bits per heavy atom. The minimum absolute atomic E-state index is 0.0901. The molecule has 22 heavy (non-hydrogen) atoms. The fourth-order valence-electron chi connectivity index (χ4n) is 3.22. The number of rotatable bonds is 3. The molecule has 1 saturated carbocycles. The highest BCUT2D eigenvalue weighted by Crippen LogP contribution is 2.49. The second kappa shape index (κ2) is 4.84. The van der Waals surface area contributed by atoms with E-state index in [1.54, 1.807) is 0 Å². The van der Waals surface area contributed by atoms with Crippen molar-refractivity contribution in [3.05, 3.63) is 35.9 Å². The molecular formula is C16H16O6. The second-order valence-corrected chi connectivity index (χ2v) is 5.87. The number of phenolic OH excluding ortho intramolecular Hbond substituents is 2. The Labute approximate surface area is 126 Å². The average Bonchev–Trinajstić information content (AvgIpc) is 2.48. The van der Waals surface area contributed by atoms with E-state index >= 15 is 0 Å². The Balaban J connectivity index is 1.93. The number of hydrogen-bond donors (Lipinski definition) is 3. The monoisotopic (exact) mass is 304 g/mol. The molecule has 4 rings (SSSR count). The maximum atomic E-state index is 12.4. The van der Waals surface area contributed by atoms with E-state index in [2.05, 4.69) is 6.58 Å². The van der Waals surface area contributed by atoms with E-state index in [4.69, 9.17) is 4.74 Å². The van der Waals surface area contributed by atoms with E-state index in [1.165, 1.54) is 12.1 Å². The number of carbonyl (C=O) groups excluding carboxylic acids is 2. The van der Waals surface area contributed by atoms with Gasteiger partial charge in [-0.25, -0.2) is 0 Å². The molecule has 116 valence electrons. The number of fused-ring (bicyclic) bond motifs is 3. The van der Waals surface area contributed by atoms with E-state index in [9.17, 15) is 24.9 Å². The molecule has 6 heteroatoms. The molecule has 2 saturated heterocycles. The van der Waals surface area contributed by atoms with Crippen LogP contribution >= 0.6 is 0 Å². The summed E-state index contributed by atoms with van der Waals surface area (Å²) in [6.07, 6.45) is -1.11. The summed E-state index contributed by atoms with van der Waals surface area (Å²) in [6, 6.07) is 3.59. The summed E-state index contributed by atoms with van der Waals surface area (Å²) in [4.78, 5) is 24.6. The van der Waals surface area contributed by atoms with Crippen molar-refractivity contribution in [1.82, 2.24) is 0 Å². The number of ketones is 1. The topological polar surface area (TPSA) is 104 Å². The van der Waals surface area contributed by atoms with E-state index in [1.807, 2.05) is 0 Å². The van der Waals surface area contributed by atoms with Gasteiger partial charge in [-0.1, -0.05) is 6.58 Å². The van der Waals surface area contributed by atoms with Crippen LogP contribution in [0.5, 0.6) is 11.5 Å². The number of hydrogen-bond acceptors (Lipinski definition) is 6. The number of esters is 1. The molecule has 0 unspecified atom stereocenters. The summed E-state index contributed by atoms with van der Waals surface area (Å²) in [7, 11) is 0. The molecule has 6 nitrogen and oxygen atoms in total. The SMILES string of the molecule is C=C1[C@@H]2CC[C@@](CC(=O)c3cc(O)ccc3O)(C(=O)O2)[C@H]1O. The Kier molecular flexibility index (Phi) is 3.21. The maximum absolute atomic E-state index is 12.4. The highest BCUT2D eigenvalue weighted by Gasteiger charge is 2.58. The van der Waals surface area contributed by atoms with Gasteiger partial charge in [-0.3, -0.25) is 9.59 Å². The summed E-state index contributed by atoms with van der Waals surface area (Å²) in [5.41, 5.74) is -1.05. The Morgan fingerprint density at radius 2 is 2.14 bits per heavy atom. The van der Waals surface area contributed by atoms with Gasteiger partial charge >= 0.3 is 5.97 Å². The van der Waals surface area contributed by atoms with Crippen molar-refractivity contribution in [2.45, 2.75) is 31.5 Å². The second-order valence-electron chi connectivity index (χ2n) is 5.87. The van der Waals surface area contributed by atoms with Crippen molar-refractivity contribution in [3.8, 4) is 11.5 Å². The van der Waals surface area contributed by atoms with Gasteiger partial charge in [0.15, 0.2) is 5.78 Å². The molecule has 0 aromatic heterocycles. The zero-order valence-electron chi connectivity index (χ0n) is 11.8. The Bertz CT molecular complexity index is 679. The number of Topliss-reactive ketones (excluding diaryl/α,β-unsaturated/α-hetero) is 1. The molecule has 2 heterocycles. The van der Waals surface area contributed by atoms with E-state index in [-0.39, 0.29) is 23.5 Å². The van der Waals surface area contributed by atoms with Gasteiger partial charge in [-0.2, -0.15) is 0 Å². The molecule has 0 radical (unpaired) electrons. The fraction of sp³-hybridized carbons (Fsp3) is 0.375. The zero-order chi connectivity index (χ0) is 16.1. The normalized spacial score (nSPS) is 30.2. The molecule has 2 bridgehead atoms. The van der Waals surface area contributed by atoms with Gasteiger partial charge in [-0.05, 0) is 36.6 Å². The van der Waals surface area contributed by atoms with Crippen LogP contribution in [0.1, 0.15) is 29.6 Å². The van der Waals surface area contributed by atoms with Crippen LogP contribution in [-0.2, 0) is 9.53 Å². The first-order chi connectivity index (χ1) is 10.3. The van der Waals surface area contributed by atoms with Crippen LogP contribution in [0.4, 0.5) is 0 Å². The summed E-state index contributed by atoms with van der Waals surface area (Å²) >= 11 is 0. The first-order valence-corrected chi connectivity index (χ1v) is 6.98. The lowest BCUT2D eigenvalue weighted by atomic mass is 9.64. The molecule has 1 aromatic carbocycles. The number of ether oxygens (including phenoxy) is 1. The fourth-order valence-corrected chi connectivity index (χ4v) is 3.22. The summed E-state index contributed by atoms with van der Waals surface area (Å²) < 4.78 is 5.20. The van der Waals surface area contributed by atoms with Crippen LogP contribution in [0.3, 0.4) is 0 Å². The van der Waals surface area contributed by atoms with Gasteiger partial charge in [-0.15, -0.1) is 0 Å². The quantitative estimate of drug-likeness (QED) is 0.336. The molecule has 1 aliphatic carbocycles. The summed E-state index contributed by atoms with van der Waals surface area (Å²) in [5.74, 6) is -1.61. The average molecular weight is 304 g/mol. The number of aliphatic hydroxyl groups is 1. The van der Waals surface area contributed by atoms with Gasteiger partial charge in [0, 0.05) is 6.42 Å². The molecule has 3 aliphatic rings. The van der Waals surface area contributed by atoms with Gasteiger partial charge in [0.2, 0.25) is 0 Å². The maximum Gasteiger partial charge on any atom is 0.316 e. The van der Waals surface area contributed by atoms with E-state index < -0.39 is 29.4 Å². The van der Waals surface area contributed by atoms with E-state index in [0.717, 1.165) is 6.07 Å². The van der Waals surface area contributed by atoms with Gasteiger partial charge in [0.25, 0.3) is 0 Å². The largest absolute Gasteiger partial charge is 0.508 e. The number of phenols is 2. The van der Waals surface area contributed by atoms with Crippen LogP contribution < -0.4 is 0 Å². The number of aromatic hydroxyl groups is 2. The van der Waals surface area contributed by atoms with Gasteiger partial charge in [0.1, 0.15) is 23.0 Å². The number of aliphatic hydroxyl groups excluding tert-OH is 1. The molecule has 3 fully saturated rings. The number of carbonyl (C=O) groups is 2. The van der Waals surface area contributed by atoms with Crippen molar-refractivity contribution >= 4 is 11.8 Å². The van der Waals surface area contributed by atoms with E-state index in [0.29, 0.717) is 18.4 Å². The highest BCUT2D eigenvalue weighted by molar-refractivity contribution is 6.02. The Hall–Kier alpha value is -2.34. The lowest BCUT2D eigenvalue weighted by Gasteiger charge is -2.48. The smallest absolute Gasteiger partial charge is 0.316 e. The van der Waals surface area contributed by atoms with Crippen LogP contribution in [0.25, 0.3) is 0 Å². The van der Waals surface area contributed by atoms with Crippen molar-refractivity contribution in [3.63, 3.8) is 0 Å². The van der Waals surface area contributed by atoms with Crippen molar-refractivity contribution in [2.24, 2.45) is 5.41 Å². The van der Waals surface area contributed by atoms with Crippen LogP contribution in [-0.4, -0.2) is 39.3 Å². The van der Waals surface area contributed by atoms with Gasteiger partial charge in [0.05, 0.1) is 11.7 Å². The predicted octanol–water partition coefficient (Wildman–Crippen LogP) is 1.29. The molecule has 0 amide bonds. The summed E-state index contributed by atoms with van der Waals surface area (Å²) in [6.45, 7) is 3.74. The molecule has 1 aromatic rings. The number of benzene rings is 1. The van der Waals surface area contributed by atoms with Crippen molar-refractivity contribution in [2.75, 3.05) is 0 Å². The zero-order valence-corrected chi connectivity index (χ0v) is 11.8. The summed E-state index contributed by atoms with van der Waals surface area (Å²) in [5, 5.41) is 29.6. The molecule has 3 N–H and O–H groups in total. The van der Waals surface area contributed by atoms with Crippen molar-refractivity contribution in [1.29, 1.82) is 0 Å². The predicted molar refractivity (Wildman–Crippen MR) is 75.4 cm³/mol. The minimum Gasteiger partial charge on any atom is -0.508 e. The standard InChI is InChI=1S/C16H16O6/c1-8-13-4-5-16(14(8)20,15(21)22-13)7-12(19)10-6-9(17)2-3-11(10)18/h2-3,6,13-14,17-18,20H,1,4-5,7H2/t13-,14-,16-/m0/s1. The molecular weight excluding hydrogens is 288 g/mol. The Morgan fingerprint density at radius 1 is 1.41 bits per heavy atom. The minimum atomic E-state index is -1.36. The van der Waals surface area contributed by atoms with Gasteiger partial charge < -0.3 is 20.1 Å². The first-order valence-electron chi connectivity index (χ1n) is 6.98. The third-order valence-electron chi connectivity index (χ3n) is 4.55. The lowest BCUT2D eigenvalue weighted by molar-refractivity contribution is -0.187. The van der Waals surface area contributed by atoms with Crippen LogP contribution in [0, 0.1) is 5.41 Å². The molecule has 2 aliphatic heterocycles. The molecule has 3 atom stereocenters. The van der Waals surface area contributed by atoms with Crippen molar-refractivity contribution < 1.29 is 29.6 Å². The lowest BCUT2D eigenvalue weighted by Crippen LogP contribution is -2.57. The van der Waals surface area contributed by atoms with Crippen LogP contribution in [0.15, 0.2) is 30.4 Å². The third kappa shape index (κ3) is 1.99. The van der Waals surface area contributed by atoms with Crippen LogP contribution in [0.2, 0.25) is 0 Å².